The Morgan fingerprint density at radius 3 is 2.46 bits per heavy atom. The lowest BCUT2D eigenvalue weighted by atomic mass is 9.96. The van der Waals surface area contributed by atoms with Crippen LogP contribution in [0.1, 0.15) is 59.4 Å². The van der Waals surface area contributed by atoms with Crippen molar-refractivity contribution in [2.75, 3.05) is 0 Å². The van der Waals surface area contributed by atoms with E-state index in [2.05, 4.69) is 15.6 Å². The van der Waals surface area contributed by atoms with Gasteiger partial charge in [-0.15, -0.1) is 11.3 Å². The quantitative estimate of drug-likeness (QED) is 0.811. The van der Waals surface area contributed by atoms with Crippen LogP contribution < -0.4 is 10.6 Å². The number of imide groups is 1. The zero-order valence-electron chi connectivity index (χ0n) is 14.2. The van der Waals surface area contributed by atoms with E-state index in [1.807, 2.05) is 0 Å². The molecule has 1 atom stereocenters. The van der Waals surface area contributed by atoms with E-state index in [9.17, 15) is 14.4 Å². The number of nitrogens with one attached hydrogen (secondary N) is 2. The summed E-state index contributed by atoms with van der Waals surface area (Å²) in [6.07, 6.45) is 4.15. The Kier molecular flexibility index (Phi) is 6.30. The number of aryl methyl sites for hydroxylation is 2. The van der Waals surface area contributed by atoms with Crippen molar-refractivity contribution in [2.45, 2.75) is 65.0 Å². The molecule has 24 heavy (non-hydrogen) atoms. The van der Waals surface area contributed by atoms with Gasteiger partial charge in [-0.1, -0.05) is 19.3 Å². The molecule has 1 fully saturated rings. The lowest BCUT2D eigenvalue weighted by Gasteiger charge is -2.23. The minimum Gasteiger partial charge on any atom is -0.448 e. The van der Waals surface area contributed by atoms with E-state index in [1.165, 1.54) is 24.7 Å². The fourth-order valence-electron chi connectivity index (χ4n) is 2.67. The molecular weight excluding hydrogens is 330 g/mol. The van der Waals surface area contributed by atoms with E-state index >= 15 is 0 Å². The summed E-state index contributed by atoms with van der Waals surface area (Å²) in [6, 6.07) is -0.438. The Labute approximate surface area is 145 Å². The van der Waals surface area contributed by atoms with Gasteiger partial charge in [0.1, 0.15) is 4.88 Å². The predicted molar refractivity (Wildman–Crippen MR) is 90.0 cm³/mol. The summed E-state index contributed by atoms with van der Waals surface area (Å²) < 4.78 is 5.12. The van der Waals surface area contributed by atoms with Crippen LogP contribution in [0.15, 0.2) is 0 Å². The number of hydrogen-bond donors (Lipinski definition) is 2. The molecule has 0 bridgehead atoms. The maximum atomic E-state index is 12.1. The topological polar surface area (TPSA) is 97.4 Å². The largest absolute Gasteiger partial charge is 0.448 e. The zero-order valence-corrected chi connectivity index (χ0v) is 15.0. The minimum absolute atomic E-state index is 0.104. The molecule has 7 nitrogen and oxygen atoms in total. The van der Waals surface area contributed by atoms with Gasteiger partial charge in [-0.2, -0.15) is 0 Å². The fourth-order valence-corrected chi connectivity index (χ4v) is 3.47. The van der Waals surface area contributed by atoms with E-state index < -0.39 is 24.0 Å². The second-order valence-electron chi connectivity index (χ2n) is 5.99. The number of carbonyl (C=O) groups excluding carboxylic acids is 3. The number of amides is 3. The second-order valence-corrected chi connectivity index (χ2v) is 7.20. The number of hydrogen-bond acceptors (Lipinski definition) is 6. The van der Waals surface area contributed by atoms with Crippen molar-refractivity contribution in [2.24, 2.45) is 0 Å². The Morgan fingerprint density at radius 1 is 1.21 bits per heavy atom. The van der Waals surface area contributed by atoms with Crippen LogP contribution in [-0.4, -0.2) is 35.0 Å². The average Bonchev–Trinajstić information content (AvgIpc) is 2.86. The van der Waals surface area contributed by atoms with Gasteiger partial charge in [-0.3, -0.25) is 10.1 Å². The van der Waals surface area contributed by atoms with Gasteiger partial charge in [0, 0.05) is 6.04 Å². The molecule has 0 saturated heterocycles. The first-order valence-corrected chi connectivity index (χ1v) is 8.95. The molecule has 132 valence electrons. The van der Waals surface area contributed by atoms with Crippen molar-refractivity contribution in [1.82, 2.24) is 15.6 Å². The van der Waals surface area contributed by atoms with Crippen molar-refractivity contribution >= 4 is 29.2 Å². The molecule has 0 unspecified atom stereocenters. The number of ether oxygens (including phenoxy) is 1. The molecule has 1 aromatic rings. The summed E-state index contributed by atoms with van der Waals surface area (Å²) in [5.74, 6) is -1.25. The number of thiazole rings is 1. The number of nitrogens with zero attached hydrogens (tertiary/aromatic N) is 1. The molecule has 3 amide bonds. The summed E-state index contributed by atoms with van der Waals surface area (Å²) in [6.45, 7) is 4.94. The fraction of sp³-hybridized carbons (Fsp3) is 0.625. The van der Waals surface area contributed by atoms with Crippen molar-refractivity contribution in [1.29, 1.82) is 0 Å². The second kappa shape index (κ2) is 8.23. The Morgan fingerprint density at radius 2 is 1.88 bits per heavy atom. The van der Waals surface area contributed by atoms with Gasteiger partial charge in [0.05, 0.1) is 10.7 Å². The first-order valence-electron chi connectivity index (χ1n) is 8.13. The maximum Gasteiger partial charge on any atom is 0.351 e. The molecule has 0 spiro atoms. The molecule has 1 aromatic heterocycles. The van der Waals surface area contributed by atoms with Crippen molar-refractivity contribution in [3.05, 3.63) is 15.6 Å². The minimum atomic E-state index is -1.06. The van der Waals surface area contributed by atoms with E-state index in [0.29, 0.717) is 10.6 Å². The van der Waals surface area contributed by atoms with Crippen LogP contribution in [0.5, 0.6) is 0 Å². The van der Waals surface area contributed by atoms with E-state index in [0.717, 1.165) is 30.7 Å². The number of carbonyl (C=O) groups is 3. The van der Waals surface area contributed by atoms with Crippen LogP contribution in [-0.2, 0) is 9.53 Å². The molecule has 2 rings (SSSR count). The Hall–Kier alpha value is -1.96. The zero-order chi connectivity index (χ0) is 17.7. The lowest BCUT2D eigenvalue weighted by molar-refractivity contribution is -0.127. The highest BCUT2D eigenvalue weighted by Gasteiger charge is 2.24. The first kappa shape index (κ1) is 18.4. The van der Waals surface area contributed by atoms with E-state index in [-0.39, 0.29) is 6.04 Å². The van der Waals surface area contributed by atoms with Gasteiger partial charge in [0.15, 0.2) is 6.10 Å². The molecule has 2 N–H and O–H groups in total. The SMILES string of the molecule is Cc1nc(C)c(C(=O)O[C@H](C)C(=O)NC(=O)NC2CCCCC2)s1. The number of rotatable bonds is 4. The molecule has 0 aliphatic heterocycles. The first-order chi connectivity index (χ1) is 11.4. The summed E-state index contributed by atoms with van der Waals surface area (Å²) in [5.41, 5.74) is 0.574. The van der Waals surface area contributed by atoms with E-state index in [4.69, 9.17) is 4.74 Å². The third-order valence-electron chi connectivity index (χ3n) is 3.92. The third-order valence-corrected chi connectivity index (χ3v) is 4.97. The lowest BCUT2D eigenvalue weighted by Crippen LogP contribution is -2.48. The highest BCUT2D eigenvalue weighted by molar-refractivity contribution is 7.13. The summed E-state index contributed by atoms with van der Waals surface area (Å²) in [4.78, 5) is 40.4. The average molecular weight is 353 g/mol. The van der Waals surface area contributed by atoms with Crippen LogP contribution in [0, 0.1) is 13.8 Å². The monoisotopic (exact) mass is 353 g/mol. The molecule has 0 aromatic carbocycles. The van der Waals surface area contributed by atoms with Gasteiger partial charge in [0.2, 0.25) is 0 Å². The highest BCUT2D eigenvalue weighted by Crippen LogP contribution is 2.19. The molecular formula is C16H23N3O4S. The Bertz CT molecular complexity index is 623. The Balaban J connectivity index is 1.81. The molecule has 1 aliphatic carbocycles. The van der Waals surface area contributed by atoms with Crippen LogP contribution in [0.2, 0.25) is 0 Å². The standard InChI is InChI=1S/C16H23N3O4S/c1-9-13(24-11(3)17-9)15(21)23-10(2)14(20)19-16(22)18-12-7-5-4-6-8-12/h10,12H,4-8H2,1-3H3,(H2,18,19,20,22)/t10-/m1/s1. The number of aromatic nitrogens is 1. The molecule has 8 heteroatoms. The van der Waals surface area contributed by atoms with Crippen LogP contribution in [0.3, 0.4) is 0 Å². The number of esters is 1. The smallest absolute Gasteiger partial charge is 0.351 e. The van der Waals surface area contributed by atoms with Crippen LogP contribution >= 0.6 is 11.3 Å². The molecule has 0 radical (unpaired) electrons. The van der Waals surface area contributed by atoms with Crippen LogP contribution in [0.4, 0.5) is 4.79 Å². The van der Waals surface area contributed by atoms with Crippen molar-refractivity contribution < 1.29 is 19.1 Å². The van der Waals surface area contributed by atoms with Crippen molar-refractivity contribution in [3.8, 4) is 0 Å². The molecule has 1 heterocycles. The third kappa shape index (κ3) is 5.02. The van der Waals surface area contributed by atoms with Gasteiger partial charge in [-0.25, -0.2) is 14.6 Å². The molecule has 1 saturated carbocycles. The van der Waals surface area contributed by atoms with E-state index in [1.54, 1.807) is 13.8 Å². The maximum absolute atomic E-state index is 12.1. The van der Waals surface area contributed by atoms with Crippen molar-refractivity contribution in [3.63, 3.8) is 0 Å². The molecule has 1 aliphatic rings. The summed E-state index contributed by atoms with van der Waals surface area (Å²) >= 11 is 1.22. The normalized spacial score (nSPS) is 16.3. The van der Waals surface area contributed by atoms with Gasteiger partial charge in [0.25, 0.3) is 5.91 Å². The predicted octanol–water partition coefficient (Wildman–Crippen LogP) is 2.46. The van der Waals surface area contributed by atoms with Gasteiger partial charge >= 0.3 is 12.0 Å². The highest BCUT2D eigenvalue weighted by atomic mass is 32.1. The van der Waals surface area contributed by atoms with Gasteiger partial charge in [-0.05, 0) is 33.6 Å². The van der Waals surface area contributed by atoms with Gasteiger partial charge < -0.3 is 10.1 Å². The van der Waals surface area contributed by atoms with Crippen LogP contribution in [0.25, 0.3) is 0 Å². The summed E-state index contributed by atoms with van der Waals surface area (Å²) in [5, 5.41) is 5.76. The number of urea groups is 1. The summed E-state index contributed by atoms with van der Waals surface area (Å²) in [7, 11) is 0.